The van der Waals surface area contributed by atoms with E-state index in [4.69, 9.17) is 4.42 Å². The van der Waals surface area contributed by atoms with Crippen molar-refractivity contribution in [2.24, 2.45) is 0 Å². The quantitative estimate of drug-likeness (QED) is 0.744. The van der Waals surface area contributed by atoms with Crippen LogP contribution in [0.4, 0.5) is 0 Å². The lowest BCUT2D eigenvalue weighted by Crippen LogP contribution is -2.26. The van der Waals surface area contributed by atoms with Gasteiger partial charge in [0, 0.05) is 18.5 Å². The van der Waals surface area contributed by atoms with E-state index >= 15 is 0 Å². The van der Waals surface area contributed by atoms with Crippen molar-refractivity contribution in [1.29, 1.82) is 0 Å². The number of rotatable bonds is 4. The number of hydrogen-bond acceptors (Lipinski definition) is 3. The highest BCUT2D eigenvalue weighted by atomic mass is 16.3. The third kappa shape index (κ3) is 2.66. The molecule has 68 valence electrons. The summed E-state index contributed by atoms with van der Waals surface area (Å²) in [5, 5.41) is 3.35. The largest absolute Gasteiger partial charge is 0.448 e. The molecular weight excluding hydrogens is 152 g/mol. The molecular formula is C9H16N2O. The topological polar surface area (TPSA) is 38.1 Å². The summed E-state index contributed by atoms with van der Waals surface area (Å²) in [6, 6.07) is 0.523. The lowest BCUT2D eigenvalue weighted by Gasteiger charge is -2.11. The fourth-order valence-electron chi connectivity index (χ4n) is 0.982. The number of oxazole rings is 1. The van der Waals surface area contributed by atoms with Gasteiger partial charge in [-0.1, -0.05) is 20.8 Å². The Morgan fingerprint density at radius 2 is 2.25 bits per heavy atom. The van der Waals surface area contributed by atoms with E-state index in [1.54, 1.807) is 6.20 Å². The van der Waals surface area contributed by atoms with E-state index in [0.29, 0.717) is 12.0 Å². The Morgan fingerprint density at radius 3 is 2.75 bits per heavy atom. The Balaban J connectivity index is 2.34. The second kappa shape index (κ2) is 4.26. The van der Waals surface area contributed by atoms with Gasteiger partial charge in [-0.25, -0.2) is 4.98 Å². The smallest absolute Gasteiger partial charge is 0.180 e. The van der Waals surface area contributed by atoms with Crippen molar-refractivity contribution in [3.05, 3.63) is 18.4 Å². The van der Waals surface area contributed by atoms with Gasteiger partial charge in [-0.05, 0) is 0 Å². The lowest BCUT2D eigenvalue weighted by atomic mass is 10.1. The highest BCUT2D eigenvalue weighted by Gasteiger charge is 2.08. The molecule has 1 rings (SSSR count). The molecule has 0 aliphatic heterocycles. The minimum Gasteiger partial charge on any atom is -0.448 e. The third-order valence-electron chi connectivity index (χ3n) is 1.77. The molecule has 1 atom stereocenters. The van der Waals surface area contributed by atoms with Crippen LogP contribution in [0.1, 0.15) is 32.4 Å². The molecule has 0 radical (unpaired) electrons. The van der Waals surface area contributed by atoms with E-state index < -0.39 is 0 Å². The van der Waals surface area contributed by atoms with Crippen LogP contribution in [0.2, 0.25) is 0 Å². The van der Waals surface area contributed by atoms with Crippen molar-refractivity contribution >= 4 is 0 Å². The third-order valence-corrected chi connectivity index (χ3v) is 1.77. The SMILES string of the molecule is CC(C)NCC(C)c1cnco1. The van der Waals surface area contributed by atoms with Crippen LogP contribution < -0.4 is 5.32 Å². The van der Waals surface area contributed by atoms with Gasteiger partial charge >= 0.3 is 0 Å². The fraction of sp³-hybridized carbons (Fsp3) is 0.667. The van der Waals surface area contributed by atoms with Gasteiger partial charge in [-0.2, -0.15) is 0 Å². The van der Waals surface area contributed by atoms with Gasteiger partial charge in [0.25, 0.3) is 0 Å². The molecule has 1 aromatic rings. The normalized spacial score (nSPS) is 13.7. The van der Waals surface area contributed by atoms with E-state index in [-0.39, 0.29) is 0 Å². The summed E-state index contributed by atoms with van der Waals surface area (Å²) < 4.78 is 5.18. The minimum absolute atomic E-state index is 0.398. The van der Waals surface area contributed by atoms with Crippen LogP contribution in [0.3, 0.4) is 0 Å². The van der Waals surface area contributed by atoms with Crippen molar-refractivity contribution in [3.63, 3.8) is 0 Å². The van der Waals surface area contributed by atoms with Gasteiger partial charge in [0.1, 0.15) is 5.76 Å². The Bertz CT molecular complexity index is 206. The summed E-state index contributed by atoms with van der Waals surface area (Å²) in [4.78, 5) is 3.88. The fourth-order valence-corrected chi connectivity index (χ4v) is 0.982. The second-order valence-corrected chi connectivity index (χ2v) is 3.37. The van der Waals surface area contributed by atoms with Gasteiger partial charge in [-0.15, -0.1) is 0 Å². The molecule has 1 aromatic heterocycles. The maximum Gasteiger partial charge on any atom is 0.180 e. The molecule has 0 aliphatic rings. The lowest BCUT2D eigenvalue weighted by molar-refractivity contribution is 0.445. The van der Waals surface area contributed by atoms with Gasteiger partial charge in [0.05, 0.1) is 6.20 Å². The van der Waals surface area contributed by atoms with E-state index in [2.05, 4.69) is 31.1 Å². The first-order valence-corrected chi connectivity index (χ1v) is 4.32. The average molecular weight is 168 g/mol. The van der Waals surface area contributed by atoms with Crippen LogP contribution in [0, 0.1) is 0 Å². The molecule has 0 aliphatic carbocycles. The zero-order chi connectivity index (χ0) is 8.97. The van der Waals surface area contributed by atoms with Gasteiger partial charge in [0.2, 0.25) is 0 Å². The Kier molecular flexibility index (Phi) is 3.29. The molecule has 0 aromatic carbocycles. The zero-order valence-electron chi connectivity index (χ0n) is 7.87. The van der Waals surface area contributed by atoms with E-state index in [1.807, 2.05) is 0 Å². The molecule has 0 spiro atoms. The molecule has 3 heteroatoms. The molecule has 0 amide bonds. The molecule has 1 N–H and O–H groups in total. The minimum atomic E-state index is 0.398. The van der Waals surface area contributed by atoms with Crippen LogP contribution in [-0.2, 0) is 0 Å². The van der Waals surface area contributed by atoms with Crippen molar-refractivity contribution in [2.45, 2.75) is 32.7 Å². The summed E-state index contributed by atoms with van der Waals surface area (Å²) >= 11 is 0. The Morgan fingerprint density at radius 1 is 1.50 bits per heavy atom. The average Bonchev–Trinajstić information content (AvgIpc) is 2.51. The van der Waals surface area contributed by atoms with Gasteiger partial charge in [-0.3, -0.25) is 0 Å². The molecule has 3 nitrogen and oxygen atoms in total. The van der Waals surface area contributed by atoms with Crippen LogP contribution in [-0.4, -0.2) is 17.6 Å². The molecule has 0 saturated heterocycles. The summed E-state index contributed by atoms with van der Waals surface area (Å²) in [6.07, 6.45) is 3.24. The highest BCUT2D eigenvalue weighted by Crippen LogP contribution is 2.12. The Labute approximate surface area is 73.2 Å². The van der Waals surface area contributed by atoms with E-state index in [0.717, 1.165) is 12.3 Å². The van der Waals surface area contributed by atoms with E-state index in [1.165, 1.54) is 6.39 Å². The van der Waals surface area contributed by atoms with Crippen molar-refractivity contribution in [3.8, 4) is 0 Å². The van der Waals surface area contributed by atoms with Crippen LogP contribution in [0.15, 0.2) is 17.0 Å². The second-order valence-electron chi connectivity index (χ2n) is 3.37. The first kappa shape index (κ1) is 9.26. The van der Waals surface area contributed by atoms with Crippen molar-refractivity contribution < 1.29 is 4.42 Å². The number of aromatic nitrogens is 1. The van der Waals surface area contributed by atoms with Gasteiger partial charge in [0.15, 0.2) is 6.39 Å². The maximum absolute atomic E-state index is 5.18. The predicted molar refractivity (Wildman–Crippen MR) is 48.1 cm³/mol. The molecule has 0 saturated carbocycles. The van der Waals surface area contributed by atoms with Crippen LogP contribution in [0.5, 0.6) is 0 Å². The Hall–Kier alpha value is -0.830. The first-order chi connectivity index (χ1) is 5.70. The van der Waals surface area contributed by atoms with Crippen LogP contribution >= 0.6 is 0 Å². The van der Waals surface area contributed by atoms with Crippen molar-refractivity contribution in [1.82, 2.24) is 10.3 Å². The summed E-state index contributed by atoms with van der Waals surface area (Å²) in [7, 11) is 0. The van der Waals surface area contributed by atoms with Crippen molar-refractivity contribution in [2.75, 3.05) is 6.54 Å². The molecule has 1 heterocycles. The molecule has 1 unspecified atom stereocenters. The molecule has 12 heavy (non-hydrogen) atoms. The summed E-state index contributed by atoms with van der Waals surface area (Å²) in [6.45, 7) is 7.32. The number of hydrogen-bond donors (Lipinski definition) is 1. The monoisotopic (exact) mass is 168 g/mol. The number of nitrogens with zero attached hydrogens (tertiary/aromatic N) is 1. The standard InChI is InChI=1S/C9H16N2O/c1-7(2)11-4-8(3)9-5-10-6-12-9/h5-8,11H,4H2,1-3H3. The zero-order valence-corrected chi connectivity index (χ0v) is 7.87. The van der Waals surface area contributed by atoms with Crippen LogP contribution in [0.25, 0.3) is 0 Å². The number of nitrogens with one attached hydrogen (secondary N) is 1. The molecule has 0 fully saturated rings. The maximum atomic E-state index is 5.18. The molecule has 0 bridgehead atoms. The summed E-state index contributed by atoms with van der Waals surface area (Å²) in [5.41, 5.74) is 0. The van der Waals surface area contributed by atoms with E-state index in [9.17, 15) is 0 Å². The van der Waals surface area contributed by atoms with Gasteiger partial charge < -0.3 is 9.73 Å². The predicted octanol–water partition coefficient (Wildman–Crippen LogP) is 1.78. The first-order valence-electron chi connectivity index (χ1n) is 4.32. The summed E-state index contributed by atoms with van der Waals surface area (Å²) in [5.74, 6) is 1.35. The highest BCUT2D eigenvalue weighted by molar-refractivity contribution is 4.97.